The smallest absolute Gasteiger partial charge is 0.0574 e. The van der Waals surface area contributed by atoms with Crippen LogP contribution >= 0.6 is 11.8 Å². The molecular weight excluding hydrogens is 166 g/mol. The third-order valence-corrected chi connectivity index (χ3v) is 3.05. The molecule has 0 heterocycles. The van der Waals surface area contributed by atoms with E-state index in [0.717, 1.165) is 12.5 Å². The molecule has 0 fully saturated rings. The lowest BCUT2D eigenvalue weighted by Crippen LogP contribution is -2.17. The molecule has 1 N–H and O–H groups in total. The first-order chi connectivity index (χ1) is 5.81. The minimum Gasteiger partial charge on any atom is -0.305 e. The molecule has 70 valence electrons. The first-order valence-electron chi connectivity index (χ1n) is 4.53. The second-order valence-electron chi connectivity index (χ2n) is 2.97. The summed E-state index contributed by atoms with van der Waals surface area (Å²) in [6, 6.07) is 0. The van der Waals surface area contributed by atoms with Gasteiger partial charge in [0, 0.05) is 12.3 Å². The lowest BCUT2D eigenvalue weighted by Gasteiger charge is -2.07. The molecule has 12 heavy (non-hydrogen) atoms. The molecule has 0 aliphatic rings. The van der Waals surface area contributed by atoms with E-state index in [0.29, 0.717) is 6.54 Å². The van der Waals surface area contributed by atoms with Gasteiger partial charge in [0.2, 0.25) is 0 Å². The van der Waals surface area contributed by atoms with Gasteiger partial charge in [-0.15, -0.1) is 6.42 Å². The average Bonchev–Trinajstić information content (AvgIpc) is 2.10. The number of nitrogens with one attached hydrogen (secondary N) is 1. The van der Waals surface area contributed by atoms with Gasteiger partial charge < -0.3 is 5.32 Å². The first-order valence-corrected chi connectivity index (χ1v) is 5.68. The van der Waals surface area contributed by atoms with Crippen molar-refractivity contribution in [1.82, 2.24) is 5.32 Å². The Morgan fingerprint density at radius 1 is 1.58 bits per heavy atom. The maximum absolute atomic E-state index is 5.09. The zero-order chi connectivity index (χ0) is 9.23. The van der Waals surface area contributed by atoms with Gasteiger partial charge in [-0.3, -0.25) is 0 Å². The van der Waals surface area contributed by atoms with Crippen molar-refractivity contribution in [2.24, 2.45) is 5.92 Å². The Kier molecular flexibility index (Phi) is 8.86. The summed E-state index contributed by atoms with van der Waals surface area (Å²) >= 11 is 2.01. The van der Waals surface area contributed by atoms with E-state index in [2.05, 4.69) is 25.1 Å². The fraction of sp³-hybridized carbons (Fsp3) is 0.800. The van der Waals surface area contributed by atoms with Crippen molar-refractivity contribution in [3.05, 3.63) is 0 Å². The summed E-state index contributed by atoms with van der Waals surface area (Å²) in [5.41, 5.74) is 0. The van der Waals surface area contributed by atoms with Gasteiger partial charge in [0.05, 0.1) is 6.54 Å². The average molecular weight is 185 g/mol. The zero-order valence-electron chi connectivity index (χ0n) is 8.10. The molecule has 0 aromatic rings. The normalized spacial score (nSPS) is 12.4. The Morgan fingerprint density at radius 3 is 2.92 bits per heavy atom. The summed E-state index contributed by atoms with van der Waals surface area (Å²) in [6.45, 7) is 6.26. The molecule has 0 spiro atoms. The SMILES string of the molecule is C#CCNCCSCC(C)CC. The summed E-state index contributed by atoms with van der Waals surface area (Å²) in [5, 5.41) is 3.17. The third kappa shape index (κ3) is 7.97. The van der Waals surface area contributed by atoms with Gasteiger partial charge in [0.1, 0.15) is 0 Å². The molecule has 0 rings (SSSR count). The van der Waals surface area contributed by atoms with E-state index in [4.69, 9.17) is 6.42 Å². The lowest BCUT2D eigenvalue weighted by molar-refractivity contribution is 0.636. The monoisotopic (exact) mass is 185 g/mol. The van der Waals surface area contributed by atoms with Crippen LogP contribution in [0.15, 0.2) is 0 Å². The molecule has 2 heteroatoms. The van der Waals surface area contributed by atoms with E-state index >= 15 is 0 Å². The molecule has 1 nitrogen and oxygen atoms in total. The van der Waals surface area contributed by atoms with Gasteiger partial charge in [0.15, 0.2) is 0 Å². The van der Waals surface area contributed by atoms with Crippen LogP contribution in [0, 0.1) is 18.3 Å². The van der Waals surface area contributed by atoms with Crippen LogP contribution in [0.2, 0.25) is 0 Å². The molecule has 0 saturated carbocycles. The summed E-state index contributed by atoms with van der Waals surface area (Å²) < 4.78 is 0. The number of hydrogen-bond acceptors (Lipinski definition) is 2. The fourth-order valence-corrected chi connectivity index (χ4v) is 1.80. The predicted octanol–water partition coefficient (Wildman–Crippen LogP) is 1.99. The van der Waals surface area contributed by atoms with Crippen molar-refractivity contribution in [1.29, 1.82) is 0 Å². The molecule has 0 aromatic carbocycles. The second kappa shape index (κ2) is 8.96. The number of rotatable bonds is 7. The standard InChI is InChI=1S/C10H19NS/c1-4-6-11-7-8-12-9-10(3)5-2/h1,10-11H,5-9H2,2-3H3. The second-order valence-corrected chi connectivity index (χ2v) is 4.12. The maximum atomic E-state index is 5.09. The quantitative estimate of drug-likeness (QED) is 0.481. The minimum atomic E-state index is 0.698. The van der Waals surface area contributed by atoms with Crippen molar-refractivity contribution in [3.8, 4) is 12.3 Å². The largest absolute Gasteiger partial charge is 0.305 e. The van der Waals surface area contributed by atoms with Crippen molar-refractivity contribution >= 4 is 11.8 Å². The van der Waals surface area contributed by atoms with Crippen LogP contribution in [0.5, 0.6) is 0 Å². The number of terminal acetylenes is 1. The van der Waals surface area contributed by atoms with Gasteiger partial charge in [-0.05, 0) is 11.7 Å². The third-order valence-electron chi connectivity index (χ3n) is 1.75. The summed E-state index contributed by atoms with van der Waals surface area (Å²) in [6.07, 6.45) is 6.38. The van der Waals surface area contributed by atoms with Gasteiger partial charge in [0.25, 0.3) is 0 Å². The highest BCUT2D eigenvalue weighted by Gasteiger charge is 1.97. The molecule has 1 unspecified atom stereocenters. The molecule has 0 aromatic heterocycles. The summed E-state index contributed by atoms with van der Waals surface area (Å²) in [7, 11) is 0. The Balaban J connectivity index is 2.96. The Labute approximate surface area is 80.7 Å². The highest BCUT2D eigenvalue weighted by molar-refractivity contribution is 7.99. The molecule has 0 aliphatic carbocycles. The highest BCUT2D eigenvalue weighted by atomic mass is 32.2. The van der Waals surface area contributed by atoms with E-state index in [1.807, 2.05) is 11.8 Å². The zero-order valence-corrected chi connectivity index (χ0v) is 8.91. The van der Waals surface area contributed by atoms with E-state index in [-0.39, 0.29) is 0 Å². The summed E-state index contributed by atoms with van der Waals surface area (Å²) in [4.78, 5) is 0. The lowest BCUT2D eigenvalue weighted by atomic mass is 10.2. The van der Waals surface area contributed by atoms with Crippen LogP contribution in [0.1, 0.15) is 20.3 Å². The maximum Gasteiger partial charge on any atom is 0.0574 e. The fourth-order valence-electron chi connectivity index (χ4n) is 0.707. The number of thioether (sulfide) groups is 1. The molecule has 0 radical (unpaired) electrons. The highest BCUT2D eigenvalue weighted by Crippen LogP contribution is 2.09. The van der Waals surface area contributed by atoms with Gasteiger partial charge in [-0.25, -0.2) is 0 Å². The van der Waals surface area contributed by atoms with Crippen LogP contribution < -0.4 is 5.32 Å². The van der Waals surface area contributed by atoms with Gasteiger partial charge in [-0.1, -0.05) is 26.2 Å². The number of hydrogen-bond donors (Lipinski definition) is 1. The van der Waals surface area contributed by atoms with Crippen LogP contribution in [0.4, 0.5) is 0 Å². The van der Waals surface area contributed by atoms with Crippen LogP contribution in [0.3, 0.4) is 0 Å². The van der Waals surface area contributed by atoms with Crippen LogP contribution in [-0.4, -0.2) is 24.6 Å². The predicted molar refractivity (Wildman–Crippen MR) is 58.5 cm³/mol. The van der Waals surface area contributed by atoms with Crippen LogP contribution in [0.25, 0.3) is 0 Å². The van der Waals surface area contributed by atoms with Crippen molar-refractivity contribution in [2.45, 2.75) is 20.3 Å². The van der Waals surface area contributed by atoms with Gasteiger partial charge >= 0.3 is 0 Å². The summed E-state index contributed by atoms with van der Waals surface area (Å²) in [5.74, 6) is 5.85. The molecule has 0 saturated heterocycles. The Hall–Kier alpha value is -0.130. The van der Waals surface area contributed by atoms with Crippen molar-refractivity contribution in [2.75, 3.05) is 24.6 Å². The van der Waals surface area contributed by atoms with Crippen molar-refractivity contribution in [3.63, 3.8) is 0 Å². The van der Waals surface area contributed by atoms with E-state index in [9.17, 15) is 0 Å². The molecule has 1 atom stereocenters. The Bertz CT molecular complexity index is 128. The van der Waals surface area contributed by atoms with E-state index in [1.54, 1.807) is 0 Å². The minimum absolute atomic E-state index is 0.698. The molecule has 0 amide bonds. The first kappa shape index (κ1) is 11.9. The molecular formula is C10H19NS. The van der Waals surface area contributed by atoms with Crippen molar-refractivity contribution < 1.29 is 0 Å². The molecule has 0 aliphatic heterocycles. The molecule has 0 bridgehead atoms. The topological polar surface area (TPSA) is 12.0 Å². The van der Waals surface area contributed by atoms with Crippen LogP contribution in [-0.2, 0) is 0 Å². The van der Waals surface area contributed by atoms with E-state index < -0.39 is 0 Å². The van der Waals surface area contributed by atoms with E-state index in [1.165, 1.54) is 17.9 Å². The van der Waals surface area contributed by atoms with Gasteiger partial charge in [-0.2, -0.15) is 11.8 Å². The Morgan fingerprint density at radius 2 is 2.33 bits per heavy atom.